The molecule has 1 aliphatic heterocycles. The lowest BCUT2D eigenvalue weighted by Crippen LogP contribution is -2.44. The maximum Gasteiger partial charge on any atom is 0.391 e. The van der Waals surface area contributed by atoms with Gasteiger partial charge in [0, 0.05) is 6.54 Å². The highest BCUT2D eigenvalue weighted by Gasteiger charge is 2.41. The molecule has 2 nitrogen and oxygen atoms in total. The van der Waals surface area contributed by atoms with E-state index >= 15 is 0 Å². The molecule has 0 atom stereocenters. The van der Waals surface area contributed by atoms with Gasteiger partial charge in [-0.25, -0.2) is 0 Å². The summed E-state index contributed by atoms with van der Waals surface area (Å²) in [5.74, 6) is -1.11. The van der Waals surface area contributed by atoms with Crippen molar-refractivity contribution in [3.63, 3.8) is 0 Å². The van der Waals surface area contributed by atoms with Crippen LogP contribution < -0.4 is 5.73 Å². The minimum Gasteiger partial charge on any atom is -0.330 e. The third-order valence-corrected chi connectivity index (χ3v) is 3.25. The topological polar surface area (TPSA) is 29.3 Å². The first kappa shape index (κ1) is 13.8. The molecule has 1 rings (SSSR count). The average Bonchev–Trinajstić information content (AvgIpc) is 2.16. The molecule has 1 aliphatic rings. The van der Waals surface area contributed by atoms with Crippen molar-refractivity contribution < 1.29 is 13.2 Å². The van der Waals surface area contributed by atoms with E-state index in [0.29, 0.717) is 19.6 Å². The maximum atomic E-state index is 12.4. The number of halogens is 3. The maximum absolute atomic E-state index is 12.4. The van der Waals surface area contributed by atoms with Crippen LogP contribution in [-0.2, 0) is 0 Å². The minimum absolute atomic E-state index is 0.00886. The highest BCUT2D eigenvalue weighted by atomic mass is 19.4. The monoisotopic (exact) mass is 238 g/mol. The molecule has 0 bridgehead atoms. The number of nitrogens with zero attached hydrogens (tertiary/aromatic N) is 1. The Morgan fingerprint density at radius 2 is 1.69 bits per heavy atom. The third-order valence-electron chi connectivity index (χ3n) is 3.25. The first-order chi connectivity index (χ1) is 7.24. The van der Waals surface area contributed by atoms with E-state index in [1.165, 1.54) is 0 Å². The second-order valence-corrected chi connectivity index (χ2v) is 5.46. The van der Waals surface area contributed by atoms with Crippen LogP contribution >= 0.6 is 0 Å². The van der Waals surface area contributed by atoms with E-state index in [4.69, 9.17) is 5.73 Å². The summed E-state index contributed by atoms with van der Waals surface area (Å²) in [4.78, 5) is 2.09. The molecule has 1 heterocycles. The summed E-state index contributed by atoms with van der Waals surface area (Å²) in [5, 5.41) is 0. The summed E-state index contributed by atoms with van der Waals surface area (Å²) in [6, 6.07) is 0. The Morgan fingerprint density at radius 1 is 1.19 bits per heavy atom. The van der Waals surface area contributed by atoms with Gasteiger partial charge in [0.15, 0.2) is 0 Å². The number of likely N-dealkylation sites (tertiary alicyclic amines) is 1. The van der Waals surface area contributed by atoms with Crippen LogP contribution in [0.3, 0.4) is 0 Å². The van der Waals surface area contributed by atoms with Crippen LogP contribution in [0.1, 0.15) is 26.7 Å². The Bertz CT molecular complexity index is 218. The fourth-order valence-electron chi connectivity index (χ4n) is 2.09. The zero-order valence-electron chi connectivity index (χ0n) is 9.98. The van der Waals surface area contributed by atoms with Crippen molar-refractivity contribution in [2.75, 3.05) is 26.2 Å². The number of hydrogen-bond acceptors (Lipinski definition) is 2. The van der Waals surface area contributed by atoms with Crippen molar-refractivity contribution in [2.45, 2.75) is 32.9 Å². The molecule has 0 spiro atoms. The molecule has 0 saturated carbocycles. The van der Waals surface area contributed by atoms with Gasteiger partial charge in [0.05, 0.1) is 5.92 Å². The molecule has 2 N–H and O–H groups in total. The van der Waals surface area contributed by atoms with Gasteiger partial charge in [-0.05, 0) is 37.9 Å². The van der Waals surface area contributed by atoms with Crippen molar-refractivity contribution in [1.29, 1.82) is 0 Å². The van der Waals surface area contributed by atoms with Crippen LogP contribution in [0, 0.1) is 11.3 Å². The number of nitrogens with two attached hydrogens (primary N) is 1. The first-order valence-corrected chi connectivity index (χ1v) is 5.74. The van der Waals surface area contributed by atoms with Crippen molar-refractivity contribution in [1.82, 2.24) is 4.90 Å². The van der Waals surface area contributed by atoms with E-state index < -0.39 is 12.1 Å². The highest BCUT2D eigenvalue weighted by Crippen LogP contribution is 2.34. The van der Waals surface area contributed by atoms with Gasteiger partial charge in [0.2, 0.25) is 0 Å². The Hall–Kier alpha value is -0.290. The zero-order chi connectivity index (χ0) is 12.4. The summed E-state index contributed by atoms with van der Waals surface area (Å²) in [5.41, 5.74) is 5.60. The first-order valence-electron chi connectivity index (χ1n) is 5.74. The number of piperidine rings is 1. The summed E-state index contributed by atoms with van der Waals surface area (Å²) in [6.45, 7) is 6.51. The summed E-state index contributed by atoms with van der Waals surface area (Å²) >= 11 is 0. The second kappa shape index (κ2) is 4.92. The molecular formula is C11H21F3N2. The lowest BCUT2D eigenvalue weighted by molar-refractivity contribution is -0.185. The van der Waals surface area contributed by atoms with E-state index in [0.717, 1.165) is 6.54 Å². The molecule has 96 valence electrons. The molecule has 16 heavy (non-hydrogen) atoms. The SMILES string of the molecule is CC(C)(CN)CN1CCC(C(F)(F)F)CC1. The minimum atomic E-state index is -4.02. The predicted molar refractivity (Wildman–Crippen MR) is 58.1 cm³/mol. The third kappa shape index (κ3) is 3.94. The van der Waals surface area contributed by atoms with Crippen molar-refractivity contribution in [3.05, 3.63) is 0 Å². The molecule has 0 aliphatic carbocycles. The fraction of sp³-hybridized carbons (Fsp3) is 1.00. The van der Waals surface area contributed by atoms with Crippen LogP contribution in [-0.4, -0.2) is 37.3 Å². The van der Waals surface area contributed by atoms with Crippen molar-refractivity contribution in [3.8, 4) is 0 Å². The molecular weight excluding hydrogens is 217 g/mol. The van der Waals surface area contributed by atoms with E-state index in [1.807, 2.05) is 13.8 Å². The zero-order valence-corrected chi connectivity index (χ0v) is 9.98. The lowest BCUT2D eigenvalue weighted by atomic mass is 9.90. The average molecular weight is 238 g/mol. The number of rotatable bonds is 3. The largest absolute Gasteiger partial charge is 0.391 e. The van der Waals surface area contributed by atoms with Crippen LogP contribution in [0.25, 0.3) is 0 Å². The van der Waals surface area contributed by atoms with E-state index in [9.17, 15) is 13.2 Å². The Kier molecular flexibility index (Phi) is 4.23. The van der Waals surface area contributed by atoms with E-state index in [-0.39, 0.29) is 18.3 Å². The van der Waals surface area contributed by atoms with Gasteiger partial charge in [0.1, 0.15) is 0 Å². The predicted octanol–water partition coefficient (Wildman–Crippen LogP) is 2.25. The Morgan fingerprint density at radius 3 is 2.06 bits per heavy atom. The number of alkyl halides is 3. The van der Waals surface area contributed by atoms with Gasteiger partial charge in [-0.1, -0.05) is 13.8 Å². The Balaban J connectivity index is 2.38. The molecule has 0 aromatic heterocycles. The van der Waals surface area contributed by atoms with Gasteiger partial charge >= 0.3 is 6.18 Å². The molecule has 0 amide bonds. The van der Waals surface area contributed by atoms with E-state index in [2.05, 4.69) is 4.90 Å². The molecule has 0 radical (unpaired) electrons. The second-order valence-electron chi connectivity index (χ2n) is 5.46. The molecule has 1 fully saturated rings. The van der Waals surface area contributed by atoms with Crippen LogP contribution in [0.4, 0.5) is 13.2 Å². The normalized spacial score (nSPS) is 21.4. The van der Waals surface area contributed by atoms with Crippen LogP contribution in [0.5, 0.6) is 0 Å². The molecule has 0 aromatic rings. The smallest absolute Gasteiger partial charge is 0.330 e. The lowest BCUT2D eigenvalue weighted by Gasteiger charge is -2.37. The summed E-state index contributed by atoms with van der Waals surface area (Å²) in [7, 11) is 0. The molecule has 0 aromatic carbocycles. The molecule has 5 heteroatoms. The van der Waals surface area contributed by atoms with Gasteiger partial charge in [-0.3, -0.25) is 0 Å². The van der Waals surface area contributed by atoms with Crippen molar-refractivity contribution >= 4 is 0 Å². The highest BCUT2D eigenvalue weighted by molar-refractivity contribution is 4.81. The molecule has 1 saturated heterocycles. The summed E-state index contributed by atoms with van der Waals surface area (Å²) in [6.07, 6.45) is -3.57. The van der Waals surface area contributed by atoms with Crippen LogP contribution in [0.15, 0.2) is 0 Å². The van der Waals surface area contributed by atoms with Gasteiger partial charge in [-0.15, -0.1) is 0 Å². The fourth-order valence-corrected chi connectivity index (χ4v) is 2.09. The van der Waals surface area contributed by atoms with E-state index in [1.54, 1.807) is 0 Å². The van der Waals surface area contributed by atoms with Gasteiger partial charge in [0.25, 0.3) is 0 Å². The Labute approximate surface area is 95.0 Å². The van der Waals surface area contributed by atoms with Crippen LogP contribution in [0.2, 0.25) is 0 Å². The standard InChI is InChI=1S/C11H21F3N2/c1-10(2,7-15)8-16-5-3-9(4-6-16)11(12,13)14/h9H,3-8,15H2,1-2H3. The summed E-state index contributed by atoms with van der Waals surface area (Å²) < 4.78 is 37.3. The van der Waals surface area contributed by atoms with Gasteiger partial charge < -0.3 is 10.6 Å². The van der Waals surface area contributed by atoms with Crippen molar-refractivity contribution in [2.24, 2.45) is 17.1 Å². The number of hydrogen-bond donors (Lipinski definition) is 1. The molecule has 0 unspecified atom stereocenters. The van der Waals surface area contributed by atoms with Gasteiger partial charge in [-0.2, -0.15) is 13.2 Å². The quantitative estimate of drug-likeness (QED) is 0.817.